The monoisotopic (exact) mass is 466 g/mol. The van der Waals surface area contributed by atoms with Crippen LogP contribution in [0, 0.1) is 6.92 Å². The molecule has 0 saturated carbocycles. The van der Waals surface area contributed by atoms with Gasteiger partial charge in [-0.05, 0) is 47.7 Å². The Balaban J connectivity index is 1.22. The number of amidine groups is 1. The second kappa shape index (κ2) is 9.85. The first-order valence-corrected chi connectivity index (χ1v) is 11.6. The number of aliphatic imine (C=N–C) groups is 1. The van der Waals surface area contributed by atoms with Crippen molar-refractivity contribution in [3.63, 3.8) is 0 Å². The Morgan fingerprint density at radius 3 is 2.57 bits per heavy atom. The number of nitrogens with zero attached hydrogens (tertiary/aromatic N) is 3. The van der Waals surface area contributed by atoms with Crippen molar-refractivity contribution in [2.75, 3.05) is 18.4 Å². The molecule has 3 amide bonds. The van der Waals surface area contributed by atoms with Gasteiger partial charge in [0, 0.05) is 25.3 Å². The summed E-state index contributed by atoms with van der Waals surface area (Å²) < 4.78 is 5.68. The van der Waals surface area contributed by atoms with E-state index >= 15 is 0 Å². The van der Waals surface area contributed by atoms with Gasteiger partial charge in [-0.3, -0.25) is 9.69 Å². The second-order valence-corrected chi connectivity index (χ2v) is 8.63. The van der Waals surface area contributed by atoms with Crippen LogP contribution < -0.4 is 5.32 Å². The number of nitrogens with one attached hydrogen (secondary N) is 1. The zero-order valence-corrected chi connectivity index (χ0v) is 19.5. The maximum atomic E-state index is 12.9. The number of ether oxygens (including phenoxy) is 1. The number of benzene rings is 3. The zero-order valence-electron chi connectivity index (χ0n) is 19.5. The Kier molecular flexibility index (Phi) is 6.30. The molecule has 3 aromatic carbocycles. The van der Waals surface area contributed by atoms with Crippen molar-refractivity contribution in [2.24, 2.45) is 4.99 Å². The fraction of sp³-hybridized carbons (Fsp3) is 0.179. The first-order valence-electron chi connectivity index (χ1n) is 11.6. The van der Waals surface area contributed by atoms with E-state index in [1.165, 1.54) is 5.56 Å². The Hall–Kier alpha value is -4.39. The molecular weight excluding hydrogens is 440 g/mol. The van der Waals surface area contributed by atoms with Crippen LogP contribution in [-0.2, 0) is 22.5 Å². The fourth-order valence-electron chi connectivity index (χ4n) is 4.13. The molecule has 2 aliphatic rings. The molecule has 7 nitrogen and oxygen atoms in total. The van der Waals surface area contributed by atoms with Gasteiger partial charge in [-0.15, -0.1) is 4.99 Å². The van der Waals surface area contributed by atoms with Crippen LogP contribution in [0.1, 0.15) is 22.3 Å². The van der Waals surface area contributed by atoms with Gasteiger partial charge in [0.15, 0.2) is 0 Å². The van der Waals surface area contributed by atoms with E-state index in [-0.39, 0.29) is 23.7 Å². The average molecular weight is 467 g/mol. The lowest BCUT2D eigenvalue weighted by Gasteiger charge is -2.20. The highest BCUT2D eigenvalue weighted by Crippen LogP contribution is 2.21. The molecule has 0 aliphatic carbocycles. The van der Waals surface area contributed by atoms with Crippen LogP contribution in [0.15, 0.2) is 95.8 Å². The molecule has 0 saturated heterocycles. The van der Waals surface area contributed by atoms with Gasteiger partial charge >= 0.3 is 12.1 Å². The van der Waals surface area contributed by atoms with Gasteiger partial charge in [0.05, 0.1) is 6.20 Å². The van der Waals surface area contributed by atoms with E-state index in [1.807, 2.05) is 73.7 Å². The number of hydrogen-bond donors (Lipinski definition) is 1. The predicted octanol–water partition coefficient (Wildman–Crippen LogP) is 4.69. The standard InChI is InChI=1S/C28H26N4O3/c1-20-8-5-6-12-23(20)18-31-14-15-32-19-25(35-28(32)30-27(31)34)26(33)29-24-13-7-11-22(17-24)16-21-9-3-2-4-10-21/h2-13,17,19H,14-16,18H2,1H3,(H,29,33). The van der Waals surface area contributed by atoms with E-state index in [1.54, 1.807) is 16.0 Å². The minimum absolute atomic E-state index is 0.109. The largest absolute Gasteiger partial charge is 0.418 e. The summed E-state index contributed by atoms with van der Waals surface area (Å²) in [4.78, 5) is 33.1. The minimum atomic E-state index is -0.387. The van der Waals surface area contributed by atoms with Crippen LogP contribution in [0.5, 0.6) is 0 Å². The van der Waals surface area contributed by atoms with Crippen molar-refractivity contribution in [2.45, 2.75) is 19.9 Å². The highest BCUT2D eigenvalue weighted by Gasteiger charge is 2.31. The third-order valence-electron chi connectivity index (χ3n) is 6.07. The third-order valence-corrected chi connectivity index (χ3v) is 6.07. The third kappa shape index (κ3) is 5.24. The van der Waals surface area contributed by atoms with Crippen LogP contribution in [0.25, 0.3) is 0 Å². The van der Waals surface area contributed by atoms with Gasteiger partial charge in [-0.25, -0.2) is 4.79 Å². The average Bonchev–Trinajstić information content (AvgIpc) is 3.20. The van der Waals surface area contributed by atoms with Crippen molar-refractivity contribution in [1.29, 1.82) is 0 Å². The maximum absolute atomic E-state index is 12.9. The number of anilines is 1. The summed E-state index contributed by atoms with van der Waals surface area (Å²) in [5.74, 6) is -0.279. The number of aryl methyl sites for hydroxylation is 1. The van der Waals surface area contributed by atoms with E-state index in [9.17, 15) is 9.59 Å². The number of hydrogen-bond acceptors (Lipinski definition) is 4. The summed E-state index contributed by atoms with van der Waals surface area (Å²) in [6, 6.07) is 25.6. The van der Waals surface area contributed by atoms with Crippen molar-refractivity contribution in [3.8, 4) is 0 Å². The normalized spacial score (nSPS) is 15.1. The van der Waals surface area contributed by atoms with Gasteiger partial charge in [0.25, 0.3) is 5.91 Å². The number of amides is 3. The number of urea groups is 1. The summed E-state index contributed by atoms with van der Waals surface area (Å²) in [6.45, 7) is 3.46. The SMILES string of the molecule is Cc1ccccc1CN1CCN2C=C(C(=O)Nc3cccc(Cc4ccccc4)c3)OC2=NC1=O. The predicted molar refractivity (Wildman–Crippen MR) is 135 cm³/mol. The number of rotatable bonds is 6. The van der Waals surface area contributed by atoms with Crippen LogP contribution >= 0.6 is 0 Å². The molecular formula is C28H26N4O3. The van der Waals surface area contributed by atoms with E-state index in [0.717, 1.165) is 23.1 Å². The molecule has 5 rings (SSSR count). The summed E-state index contributed by atoms with van der Waals surface area (Å²) in [7, 11) is 0. The molecule has 2 heterocycles. The Morgan fingerprint density at radius 2 is 1.74 bits per heavy atom. The summed E-state index contributed by atoms with van der Waals surface area (Å²) in [5, 5.41) is 2.89. The smallest absolute Gasteiger partial charge is 0.348 e. The summed E-state index contributed by atoms with van der Waals surface area (Å²) in [6.07, 6.45) is 2.38. The minimum Gasteiger partial charge on any atom is -0.418 e. The maximum Gasteiger partial charge on any atom is 0.348 e. The molecule has 35 heavy (non-hydrogen) atoms. The molecule has 176 valence electrons. The Labute approximate surface area is 204 Å². The van der Waals surface area contributed by atoms with Crippen molar-refractivity contribution < 1.29 is 14.3 Å². The summed E-state index contributed by atoms with van der Waals surface area (Å²) >= 11 is 0. The number of carbonyl (C=O) groups is 2. The summed E-state index contributed by atoms with van der Waals surface area (Å²) in [5.41, 5.74) is 5.17. The molecule has 0 radical (unpaired) electrons. The van der Waals surface area contributed by atoms with E-state index in [4.69, 9.17) is 4.74 Å². The first-order chi connectivity index (χ1) is 17.0. The lowest BCUT2D eigenvalue weighted by atomic mass is 10.0. The van der Waals surface area contributed by atoms with Crippen molar-refractivity contribution >= 4 is 23.6 Å². The first kappa shape index (κ1) is 22.4. The van der Waals surface area contributed by atoms with Crippen LogP contribution in [0.4, 0.5) is 10.5 Å². The second-order valence-electron chi connectivity index (χ2n) is 8.63. The molecule has 1 N–H and O–H groups in total. The fourth-order valence-corrected chi connectivity index (χ4v) is 4.13. The molecule has 2 aliphatic heterocycles. The zero-order chi connectivity index (χ0) is 24.2. The molecule has 0 spiro atoms. The quantitative estimate of drug-likeness (QED) is 0.572. The lowest BCUT2D eigenvalue weighted by Crippen LogP contribution is -2.32. The molecule has 7 heteroatoms. The van der Waals surface area contributed by atoms with Crippen LogP contribution in [0.3, 0.4) is 0 Å². The number of carbonyl (C=O) groups excluding carboxylic acids is 2. The van der Waals surface area contributed by atoms with Crippen LogP contribution in [0.2, 0.25) is 0 Å². The topological polar surface area (TPSA) is 74.2 Å². The molecule has 0 unspecified atom stereocenters. The highest BCUT2D eigenvalue weighted by atomic mass is 16.5. The van der Waals surface area contributed by atoms with Gasteiger partial charge < -0.3 is 15.0 Å². The van der Waals surface area contributed by atoms with Crippen molar-refractivity contribution in [3.05, 3.63) is 113 Å². The van der Waals surface area contributed by atoms with E-state index < -0.39 is 0 Å². The molecule has 3 aromatic rings. The van der Waals surface area contributed by atoms with Gasteiger partial charge in [-0.1, -0.05) is 66.7 Å². The highest BCUT2D eigenvalue weighted by molar-refractivity contribution is 6.06. The Morgan fingerprint density at radius 1 is 0.971 bits per heavy atom. The lowest BCUT2D eigenvalue weighted by molar-refractivity contribution is -0.114. The molecule has 0 aromatic heterocycles. The van der Waals surface area contributed by atoms with Gasteiger partial charge in [0.2, 0.25) is 5.76 Å². The van der Waals surface area contributed by atoms with Crippen LogP contribution in [-0.4, -0.2) is 40.8 Å². The molecule has 0 fully saturated rings. The van der Waals surface area contributed by atoms with Gasteiger partial charge in [-0.2, -0.15) is 0 Å². The number of fused-ring (bicyclic) bond motifs is 1. The Bertz CT molecular complexity index is 1320. The molecule has 0 atom stereocenters. The molecule has 0 bridgehead atoms. The van der Waals surface area contributed by atoms with Gasteiger partial charge in [0.1, 0.15) is 0 Å². The van der Waals surface area contributed by atoms with E-state index in [2.05, 4.69) is 22.4 Å². The van der Waals surface area contributed by atoms with Crippen molar-refractivity contribution in [1.82, 2.24) is 9.80 Å². The van der Waals surface area contributed by atoms with E-state index in [0.29, 0.717) is 25.3 Å².